The Morgan fingerprint density at radius 3 is 2.64 bits per heavy atom. The number of aromatic hydroxyl groups is 2. The van der Waals surface area contributed by atoms with Crippen molar-refractivity contribution in [2.75, 3.05) is 13.6 Å². The number of rotatable bonds is 0. The molecule has 1 heterocycles. The van der Waals surface area contributed by atoms with Crippen LogP contribution in [-0.2, 0) is 6.54 Å². The minimum absolute atomic E-state index is 0.133. The first-order valence-corrected chi connectivity index (χ1v) is 4.49. The van der Waals surface area contributed by atoms with Crippen molar-refractivity contribution >= 4 is 0 Å². The summed E-state index contributed by atoms with van der Waals surface area (Å²) in [7, 11) is 1.90. The van der Waals surface area contributed by atoms with Crippen molar-refractivity contribution < 1.29 is 15.3 Å². The highest BCUT2D eigenvalue weighted by atomic mass is 16.3. The van der Waals surface area contributed by atoms with Gasteiger partial charge >= 0.3 is 0 Å². The fourth-order valence-electron chi connectivity index (χ4n) is 1.83. The Morgan fingerprint density at radius 2 is 1.93 bits per heavy atom. The van der Waals surface area contributed by atoms with E-state index in [1.54, 1.807) is 0 Å². The second kappa shape index (κ2) is 3.15. The van der Waals surface area contributed by atoms with Gasteiger partial charge < -0.3 is 15.3 Å². The molecule has 0 aromatic heterocycles. The Hall–Kier alpha value is -1.26. The van der Waals surface area contributed by atoms with E-state index < -0.39 is 6.10 Å². The molecule has 3 N–H and O–H groups in total. The van der Waals surface area contributed by atoms with E-state index in [1.165, 1.54) is 12.1 Å². The van der Waals surface area contributed by atoms with Crippen molar-refractivity contribution in [3.63, 3.8) is 0 Å². The zero-order chi connectivity index (χ0) is 10.3. The summed E-state index contributed by atoms with van der Waals surface area (Å²) >= 11 is 0. The molecule has 1 aromatic rings. The highest BCUT2D eigenvalue weighted by Crippen LogP contribution is 2.34. The summed E-state index contributed by atoms with van der Waals surface area (Å²) in [5.41, 5.74) is 1.57. The van der Waals surface area contributed by atoms with Gasteiger partial charge in [0.2, 0.25) is 0 Å². The molecule has 2 rings (SSSR count). The van der Waals surface area contributed by atoms with Gasteiger partial charge in [0, 0.05) is 13.1 Å². The van der Waals surface area contributed by atoms with E-state index in [0.717, 1.165) is 5.56 Å². The molecule has 0 bridgehead atoms. The van der Waals surface area contributed by atoms with Gasteiger partial charge in [-0.25, -0.2) is 0 Å². The number of hydrogen-bond acceptors (Lipinski definition) is 4. The van der Waals surface area contributed by atoms with E-state index in [2.05, 4.69) is 0 Å². The number of likely N-dealkylation sites (N-methyl/N-ethyl adjacent to an activating group) is 1. The Bertz CT molecular complexity index is 365. The second-order valence-corrected chi connectivity index (χ2v) is 3.75. The van der Waals surface area contributed by atoms with Crippen LogP contribution in [0.25, 0.3) is 0 Å². The average Bonchev–Trinajstić information content (AvgIpc) is 2.08. The summed E-state index contributed by atoms with van der Waals surface area (Å²) in [5.74, 6) is -0.307. The van der Waals surface area contributed by atoms with Gasteiger partial charge in [-0.2, -0.15) is 0 Å². The van der Waals surface area contributed by atoms with E-state index in [0.29, 0.717) is 18.7 Å². The van der Waals surface area contributed by atoms with Crippen LogP contribution in [0, 0.1) is 0 Å². The van der Waals surface area contributed by atoms with Crippen molar-refractivity contribution in [2.45, 2.75) is 12.6 Å². The monoisotopic (exact) mass is 195 g/mol. The van der Waals surface area contributed by atoms with E-state index in [-0.39, 0.29) is 11.5 Å². The molecule has 0 radical (unpaired) electrons. The number of β-amino-alcohol motifs (C(OH)–C–C–N with tert-alkyl or cyclic N) is 1. The van der Waals surface area contributed by atoms with Crippen LogP contribution >= 0.6 is 0 Å². The average molecular weight is 195 g/mol. The predicted molar refractivity (Wildman–Crippen MR) is 51.1 cm³/mol. The van der Waals surface area contributed by atoms with Crippen molar-refractivity contribution in [2.24, 2.45) is 0 Å². The smallest absolute Gasteiger partial charge is 0.157 e. The summed E-state index contributed by atoms with van der Waals surface area (Å²) in [6.07, 6.45) is -0.588. The Labute approximate surface area is 82.0 Å². The van der Waals surface area contributed by atoms with Crippen LogP contribution < -0.4 is 0 Å². The molecule has 0 saturated carbocycles. The zero-order valence-electron chi connectivity index (χ0n) is 7.94. The third-order valence-electron chi connectivity index (χ3n) is 2.52. The third kappa shape index (κ3) is 1.42. The van der Waals surface area contributed by atoms with Gasteiger partial charge in [-0.3, -0.25) is 4.90 Å². The van der Waals surface area contributed by atoms with Crippen LogP contribution in [0.2, 0.25) is 0 Å². The SMILES string of the molecule is CN1Cc2cc(O)c(O)cc2[C@@H](O)C1. The first-order chi connectivity index (χ1) is 6.58. The van der Waals surface area contributed by atoms with Gasteiger partial charge in [-0.15, -0.1) is 0 Å². The number of phenols is 2. The summed E-state index contributed by atoms with van der Waals surface area (Å²) in [4.78, 5) is 1.96. The maximum atomic E-state index is 9.71. The quantitative estimate of drug-likeness (QED) is 0.530. The largest absolute Gasteiger partial charge is 0.504 e. The van der Waals surface area contributed by atoms with E-state index in [4.69, 9.17) is 0 Å². The molecule has 1 aliphatic rings. The van der Waals surface area contributed by atoms with Crippen LogP contribution in [0.1, 0.15) is 17.2 Å². The lowest BCUT2D eigenvalue weighted by atomic mass is 9.97. The van der Waals surface area contributed by atoms with Gasteiger partial charge in [0.15, 0.2) is 11.5 Å². The zero-order valence-corrected chi connectivity index (χ0v) is 7.94. The topological polar surface area (TPSA) is 63.9 Å². The summed E-state index contributed by atoms with van der Waals surface area (Å²) in [5, 5.41) is 28.3. The van der Waals surface area contributed by atoms with Crippen molar-refractivity contribution in [1.29, 1.82) is 0 Å². The Balaban J connectivity index is 2.49. The fraction of sp³-hybridized carbons (Fsp3) is 0.400. The van der Waals surface area contributed by atoms with Crippen LogP contribution in [0.15, 0.2) is 12.1 Å². The number of aliphatic hydroxyl groups is 1. The Morgan fingerprint density at radius 1 is 1.29 bits per heavy atom. The normalized spacial score (nSPS) is 22.0. The van der Waals surface area contributed by atoms with Gasteiger partial charge in [0.05, 0.1) is 6.10 Å². The lowest BCUT2D eigenvalue weighted by Crippen LogP contribution is -2.30. The maximum absolute atomic E-state index is 9.71. The first-order valence-electron chi connectivity index (χ1n) is 4.49. The standard InChI is InChI=1S/C10H13NO3/c1-11-4-6-2-8(12)9(13)3-7(6)10(14)5-11/h2-3,10,12-14H,4-5H2,1H3/t10-/m0/s1. The fourth-order valence-corrected chi connectivity index (χ4v) is 1.83. The number of fused-ring (bicyclic) bond motifs is 1. The lowest BCUT2D eigenvalue weighted by molar-refractivity contribution is 0.107. The van der Waals surface area contributed by atoms with Gasteiger partial charge in [0.1, 0.15) is 0 Å². The van der Waals surface area contributed by atoms with E-state index in [9.17, 15) is 15.3 Å². The number of phenolic OH excluding ortho intramolecular Hbond substituents is 2. The molecule has 76 valence electrons. The molecule has 1 atom stereocenters. The molecular weight excluding hydrogens is 182 g/mol. The maximum Gasteiger partial charge on any atom is 0.157 e. The molecule has 0 aliphatic carbocycles. The molecular formula is C10H13NO3. The number of nitrogens with zero attached hydrogens (tertiary/aromatic N) is 1. The van der Waals surface area contributed by atoms with Crippen molar-refractivity contribution in [3.8, 4) is 11.5 Å². The number of aliphatic hydroxyl groups excluding tert-OH is 1. The van der Waals surface area contributed by atoms with Gasteiger partial charge in [-0.05, 0) is 30.3 Å². The van der Waals surface area contributed by atoms with Crippen LogP contribution in [-0.4, -0.2) is 33.8 Å². The van der Waals surface area contributed by atoms with Crippen LogP contribution in [0.5, 0.6) is 11.5 Å². The molecule has 4 nitrogen and oxygen atoms in total. The summed E-state index contributed by atoms with van der Waals surface area (Å²) in [6.45, 7) is 1.23. The number of hydrogen-bond donors (Lipinski definition) is 3. The highest BCUT2D eigenvalue weighted by Gasteiger charge is 2.22. The molecule has 0 unspecified atom stereocenters. The van der Waals surface area contributed by atoms with E-state index >= 15 is 0 Å². The van der Waals surface area contributed by atoms with Crippen molar-refractivity contribution in [1.82, 2.24) is 4.90 Å². The molecule has 14 heavy (non-hydrogen) atoms. The Kier molecular flexibility index (Phi) is 2.09. The summed E-state index contributed by atoms with van der Waals surface area (Å²) < 4.78 is 0. The molecule has 4 heteroatoms. The predicted octanol–water partition coefficient (Wildman–Crippen LogP) is 0.577. The first kappa shape index (κ1) is 9.30. The molecule has 0 fully saturated rings. The van der Waals surface area contributed by atoms with Gasteiger partial charge in [0.25, 0.3) is 0 Å². The van der Waals surface area contributed by atoms with Crippen LogP contribution in [0.3, 0.4) is 0 Å². The van der Waals surface area contributed by atoms with Gasteiger partial charge in [-0.1, -0.05) is 0 Å². The minimum Gasteiger partial charge on any atom is -0.504 e. The van der Waals surface area contributed by atoms with Crippen molar-refractivity contribution in [3.05, 3.63) is 23.3 Å². The summed E-state index contributed by atoms with van der Waals surface area (Å²) in [6, 6.07) is 2.94. The molecule has 1 aliphatic heterocycles. The highest BCUT2D eigenvalue weighted by molar-refractivity contribution is 5.47. The molecule has 0 spiro atoms. The second-order valence-electron chi connectivity index (χ2n) is 3.75. The third-order valence-corrected chi connectivity index (χ3v) is 2.52. The molecule has 1 aromatic carbocycles. The van der Waals surface area contributed by atoms with Crippen LogP contribution in [0.4, 0.5) is 0 Å². The number of benzene rings is 1. The lowest BCUT2D eigenvalue weighted by Gasteiger charge is -2.29. The van der Waals surface area contributed by atoms with E-state index in [1.807, 2.05) is 11.9 Å². The molecule has 0 saturated heterocycles. The molecule has 0 amide bonds. The minimum atomic E-state index is -0.588.